The van der Waals surface area contributed by atoms with Gasteiger partial charge in [-0.1, -0.05) is 27.5 Å². The number of rotatable bonds is 3. The number of aromatic nitrogens is 1. The molecule has 1 heterocycles. The molecular formula is C9H8BrClF3NO2. The van der Waals surface area contributed by atoms with E-state index in [4.69, 9.17) is 11.6 Å². The Morgan fingerprint density at radius 2 is 2.00 bits per heavy atom. The van der Waals surface area contributed by atoms with Crippen LogP contribution < -0.4 is 0 Å². The lowest BCUT2D eigenvalue weighted by molar-refractivity contribution is -0.137. The van der Waals surface area contributed by atoms with Crippen molar-refractivity contribution in [2.24, 2.45) is 0 Å². The predicted octanol–water partition coefficient (Wildman–Crippen LogP) is 2.54. The summed E-state index contributed by atoms with van der Waals surface area (Å²) < 4.78 is 37.5. The molecule has 8 heteroatoms. The van der Waals surface area contributed by atoms with Crippen molar-refractivity contribution in [1.29, 1.82) is 0 Å². The van der Waals surface area contributed by atoms with Crippen LogP contribution in [-0.2, 0) is 6.18 Å². The topological polar surface area (TPSA) is 53.4 Å². The number of alkyl halides is 4. The lowest BCUT2D eigenvalue weighted by Gasteiger charge is -2.17. The van der Waals surface area contributed by atoms with Gasteiger partial charge >= 0.3 is 6.18 Å². The van der Waals surface area contributed by atoms with Gasteiger partial charge in [-0.2, -0.15) is 13.2 Å². The number of aliphatic hydroxyl groups excluding tert-OH is 2. The van der Waals surface area contributed by atoms with Gasteiger partial charge in [0.05, 0.1) is 11.7 Å². The zero-order valence-corrected chi connectivity index (χ0v) is 10.6. The third kappa shape index (κ3) is 3.54. The highest BCUT2D eigenvalue weighted by Gasteiger charge is 2.35. The van der Waals surface area contributed by atoms with E-state index < -0.39 is 29.1 Å². The molecule has 1 aromatic heterocycles. The summed E-state index contributed by atoms with van der Waals surface area (Å²) in [6.45, 7) is 0. The summed E-state index contributed by atoms with van der Waals surface area (Å²) >= 11 is 8.22. The van der Waals surface area contributed by atoms with Crippen LogP contribution in [0.1, 0.15) is 17.2 Å². The summed E-state index contributed by atoms with van der Waals surface area (Å²) in [5, 5.41) is 18.2. The first-order valence-corrected chi connectivity index (χ1v) is 5.92. The predicted molar refractivity (Wildman–Crippen MR) is 59.0 cm³/mol. The van der Waals surface area contributed by atoms with E-state index in [1.807, 2.05) is 0 Å². The Hall–Kier alpha value is -0.370. The molecule has 96 valence electrons. The average molecular weight is 335 g/mol. The third-order valence-corrected chi connectivity index (χ3v) is 2.99. The maximum absolute atomic E-state index is 12.5. The first-order valence-electron chi connectivity index (χ1n) is 4.42. The van der Waals surface area contributed by atoms with Gasteiger partial charge in [0.15, 0.2) is 0 Å². The van der Waals surface area contributed by atoms with Crippen molar-refractivity contribution in [3.63, 3.8) is 0 Å². The molecule has 0 saturated carbocycles. The molecule has 3 nitrogen and oxygen atoms in total. The monoisotopic (exact) mass is 333 g/mol. The van der Waals surface area contributed by atoms with Gasteiger partial charge in [0.2, 0.25) is 0 Å². The zero-order valence-electron chi connectivity index (χ0n) is 8.25. The molecule has 2 atom stereocenters. The van der Waals surface area contributed by atoms with Crippen molar-refractivity contribution in [2.45, 2.75) is 18.4 Å². The Balaban J connectivity index is 3.13. The SMILES string of the molecule is OC(CBr)C(O)c1cnc(Cl)c(C(F)(F)F)c1. The van der Waals surface area contributed by atoms with Crippen molar-refractivity contribution in [2.75, 3.05) is 5.33 Å². The third-order valence-electron chi connectivity index (χ3n) is 2.03. The smallest absolute Gasteiger partial charge is 0.389 e. The number of halogens is 5. The molecule has 0 aromatic carbocycles. The summed E-state index contributed by atoms with van der Waals surface area (Å²) in [6, 6.07) is 0.672. The fraction of sp³-hybridized carbons (Fsp3) is 0.444. The summed E-state index contributed by atoms with van der Waals surface area (Å²) in [7, 11) is 0. The zero-order chi connectivity index (χ0) is 13.2. The van der Waals surface area contributed by atoms with E-state index >= 15 is 0 Å². The maximum Gasteiger partial charge on any atom is 0.419 e. The lowest BCUT2D eigenvalue weighted by Crippen LogP contribution is -2.20. The van der Waals surface area contributed by atoms with Crippen LogP contribution in [0.3, 0.4) is 0 Å². The van der Waals surface area contributed by atoms with Gasteiger partial charge in [0, 0.05) is 17.1 Å². The molecule has 0 aliphatic heterocycles. The van der Waals surface area contributed by atoms with Gasteiger partial charge in [-0.05, 0) is 6.07 Å². The van der Waals surface area contributed by atoms with Crippen LogP contribution in [0.15, 0.2) is 12.3 Å². The van der Waals surface area contributed by atoms with Crippen molar-refractivity contribution in [3.8, 4) is 0 Å². The van der Waals surface area contributed by atoms with Crippen LogP contribution in [0.25, 0.3) is 0 Å². The van der Waals surface area contributed by atoms with Crippen LogP contribution in [0.2, 0.25) is 5.15 Å². The molecule has 1 rings (SSSR count). The second-order valence-electron chi connectivity index (χ2n) is 3.27. The van der Waals surface area contributed by atoms with Crippen LogP contribution in [0, 0.1) is 0 Å². The molecule has 0 aliphatic carbocycles. The Bertz CT molecular complexity index is 402. The van der Waals surface area contributed by atoms with E-state index in [1.165, 1.54) is 0 Å². The summed E-state index contributed by atoms with van der Waals surface area (Å²) in [5.74, 6) is 0. The highest BCUT2D eigenvalue weighted by molar-refractivity contribution is 9.09. The molecule has 2 unspecified atom stereocenters. The van der Waals surface area contributed by atoms with Gasteiger partial charge in [-0.15, -0.1) is 0 Å². The quantitative estimate of drug-likeness (QED) is 0.660. The van der Waals surface area contributed by atoms with Crippen LogP contribution in [0.5, 0.6) is 0 Å². The van der Waals surface area contributed by atoms with Crippen molar-refractivity contribution in [3.05, 3.63) is 28.5 Å². The van der Waals surface area contributed by atoms with Crippen molar-refractivity contribution < 1.29 is 23.4 Å². The fourth-order valence-electron chi connectivity index (χ4n) is 1.13. The largest absolute Gasteiger partial charge is 0.419 e. The Labute approximate surface area is 108 Å². The van der Waals surface area contributed by atoms with E-state index in [-0.39, 0.29) is 10.9 Å². The van der Waals surface area contributed by atoms with Crippen LogP contribution >= 0.6 is 27.5 Å². The van der Waals surface area contributed by atoms with E-state index in [0.717, 1.165) is 6.20 Å². The molecule has 0 bridgehead atoms. The summed E-state index contributed by atoms with van der Waals surface area (Å²) in [6.07, 6.45) is -6.34. The molecule has 0 spiro atoms. The van der Waals surface area contributed by atoms with Crippen molar-refractivity contribution >= 4 is 27.5 Å². The van der Waals surface area contributed by atoms with Gasteiger partial charge < -0.3 is 10.2 Å². The van der Waals surface area contributed by atoms with Crippen LogP contribution in [-0.4, -0.2) is 26.6 Å². The molecule has 0 saturated heterocycles. The van der Waals surface area contributed by atoms with Gasteiger partial charge in [-0.25, -0.2) is 4.98 Å². The molecule has 0 amide bonds. The number of aliphatic hydroxyl groups is 2. The highest BCUT2D eigenvalue weighted by atomic mass is 79.9. The fourth-order valence-corrected chi connectivity index (χ4v) is 1.70. The van der Waals surface area contributed by atoms with Gasteiger partial charge in [-0.3, -0.25) is 0 Å². The maximum atomic E-state index is 12.5. The number of hydrogen-bond acceptors (Lipinski definition) is 3. The number of pyridine rings is 1. The second-order valence-corrected chi connectivity index (χ2v) is 4.28. The summed E-state index contributed by atoms with van der Waals surface area (Å²) in [5.41, 5.74) is -1.29. The number of hydrogen-bond donors (Lipinski definition) is 2. The summed E-state index contributed by atoms with van der Waals surface area (Å²) in [4.78, 5) is 3.34. The number of nitrogens with zero attached hydrogens (tertiary/aromatic N) is 1. The van der Waals surface area contributed by atoms with E-state index in [9.17, 15) is 23.4 Å². The average Bonchev–Trinajstić information content (AvgIpc) is 2.26. The lowest BCUT2D eigenvalue weighted by atomic mass is 10.1. The minimum Gasteiger partial charge on any atom is -0.389 e. The van der Waals surface area contributed by atoms with E-state index in [1.54, 1.807) is 0 Å². The standard InChI is InChI=1S/C9H8BrClF3NO2/c10-2-6(16)7(17)4-1-5(9(12,13)14)8(11)15-3-4/h1,3,6-7,16-17H,2H2. The van der Waals surface area contributed by atoms with Crippen molar-refractivity contribution in [1.82, 2.24) is 4.98 Å². The van der Waals surface area contributed by atoms with E-state index in [0.29, 0.717) is 6.07 Å². The minimum atomic E-state index is -4.65. The molecule has 17 heavy (non-hydrogen) atoms. The Kier molecular flexibility index (Phi) is 4.77. The molecule has 1 aromatic rings. The molecular weight excluding hydrogens is 326 g/mol. The molecule has 0 radical (unpaired) electrons. The van der Waals surface area contributed by atoms with E-state index in [2.05, 4.69) is 20.9 Å². The van der Waals surface area contributed by atoms with Gasteiger partial charge in [0.25, 0.3) is 0 Å². The molecule has 0 aliphatic rings. The Morgan fingerprint density at radius 1 is 1.41 bits per heavy atom. The van der Waals surface area contributed by atoms with Gasteiger partial charge in [0.1, 0.15) is 11.3 Å². The van der Waals surface area contributed by atoms with Crippen LogP contribution in [0.4, 0.5) is 13.2 Å². The minimum absolute atomic E-state index is 0.0259. The first kappa shape index (κ1) is 14.7. The second kappa shape index (κ2) is 5.51. The normalized spacial score (nSPS) is 15.7. The highest BCUT2D eigenvalue weighted by Crippen LogP contribution is 2.35. The molecule has 2 N–H and O–H groups in total. The molecule has 0 fully saturated rings. The first-order chi connectivity index (χ1) is 7.77. The Morgan fingerprint density at radius 3 is 2.47 bits per heavy atom.